The predicted octanol–water partition coefficient (Wildman–Crippen LogP) is 2.67. The molecule has 0 saturated carbocycles. The van der Waals surface area contributed by atoms with Gasteiger partial charge in [-0.25, -0.2) is 4.79 Å². The van der Waals surface area contributed by atoms with Crippen LogP contribution in [0.15, 0.2) is 96.4 Å². The lowest BCUT2D eigenvalue weighted by molar-refractivity contribution is -0.143. The number of thiophene rings is 1. The third-order valence-electron chi connectivity index (χ3n) is 8.65. The average molecular weight is 754 g/mol. The summed E-state index contributed by atoms with van der Waals surface area (Å²) >= 11 is 1.35. The molecular formula is C39H39N5O9S. The van der Waals surface area contributed by atoms with Crippen LogP contribution in [-0.2, 0) is 52.8 Å². The molecule has 5 amide bonds. The first-order chi connectivity index (χ1) is 25.9. The lowest BCUT2D eigenvalue weighted by atomic mass is 9.99. The van der Waals surface area contributed by atoms with Gasteiger partial charge in [-0.3, -0.25) is 28.8 Å². The monoisotopic (exact) mass is 753 g/mol. The molecule has 280 valence electrons. The van der Waals surface area contributed by atoms with Gasteiger partial charge in [0.1, 0.15) is 24.2 Å². The van der Waals surface area contributed by atoms with E-state index in [1.54, 1.807) is 41.8 Å². The van der Waals surface area contributed by atoms with Crippen molar-refractivity contribution in [1.29, 1.82) is 0 Å². The maximum atomic E-state index is 14.0. The smallest absolute Gasteiger partial charge is 0.326 e. The van der Waals surface area contributed by atoms with Gasteiger partial charge in [0.15, 0.2) is 0 Å². The molecule has 4 atom stereocenters. The number of carboxylic acid groups (broad SMARTS) is 2. The summed E-state index contributed by atoms with van der Waals surface area (Å²) in [5.74, 6) is -6.62. The van der Waals surface area contributed by atoms with Gasteiger partial charge in [-0.1, -0.05) is 72.8 Å². The number of carbonyl (C=O) groups is 7. The molecule has 2 bridgehead atoms. The van der Waals surface area contributed by atoms with Gasteiger partial charge in [-0.2, -0.15) is 0 Å². The number of fused-ring (bicyclic) bond motifs is 18. The molecule has 54 heavy (non-hydrogen) atoms. The van der Waals surface area contributed by atoms with Crippen LogP contribution in [0.5, 0.6) is 0 Å². The molecule has 0 aliphatic carbocycles. The van der Waals surface area contributed by atoms with E-state index in [1.165, 1.54) is 23.5 Å². The second-order valence-electron chi connectivity index (χ2n) is 12.7. The first kappa shape index (κ1) is 38.9. The highest BCUT2D eigenvalue weighted by atomic mass is 32.1. The number of aliphatic carboxylic acids is 2. The number of amides is 5. The van der Waals surface area contributed by atoms with Gasteiger partial charge in [-0.05, 0) is 45.8 Å². The van der Waals surface area contributed by atoms with Crippen molar-refractivity contribution < 1.29 is 43.8 Å². The van der Waals surface area contributed by atoms with Crippen LogP contribution < -0.4 is 26.6 Å². The molecule has 0 radical (unpaired) electrons. The Labute approximate surface area is 314 Å². The number of carbonyl (C=O) groups excluding carboxylic acids is 5. The summed E-state index contributed by atoms with van der Waals surface area (Å²) in [4.78, 5) is 92.0. The minimum absolute atomic E-state index is 0.0640. The van der Waals surface area contributed by atoms with Crippen LogP contribution >= 0.6 is 11.3 Å². The number of carboxylic acids is 2. The SMILES string of the molecule is O=C(O)C[C@@H]1NC(=O)[C@H](Cc2ccc(-c3ccccc3)cc2)NC(=O)[C@@H](Cc2cccs2)NC(=O)CCC(=O)Nc2ccc(cc2)C[C@@H](C(=O)O)NC1=O. The molecular weight excluding hydrogens is 715 g/mol. The van der Waals surface area contributed by atoms with Gasteiger partial charge >= 0.3 is 11.9 Å². The fourth-order valence-corrected chi connectivity index (χ4v) is 6.58. The van der Waals surface area contributed by atoms with E-state index in [0.29, 0.717) is 16.8 Å². The van der Waals surface area contributed by atoms with Crippen molar-refractivity contribution in [1.82, 2.24) is 21.3 Å². The summed E-state index contributed by atoms with van der Waals surface area (Å²) < 4.78 is 0. The molecule has 1 aromatic heterocycles. The standard InChI is InChI=1S/C39H39N5O9S/c45-33-16-17-34(46)41-30(21-28-7-4-18-54-28)37(50)42-29(19-23-8-12-26(13-9-23)25-5-2-1-3-6-25)36(49)43-31(22-35(47)48)38(51)44-32(39(52)53)20-24-10-14-27(40-33)15-11-24/h1-15,18,29-32H,16-17,19-22H2,(H,40,45)(H,41,46)(H,42,50)(H,43,49)(H,44,51)(H,47,48)(H,52,53)/t29-,30+,31-,32-/m0/s1. The summed E-state index contributed by atoms with van der Waals surface area (Å²) in [6.45, 7) is 0. The van der Waals surface area contributed by atoms with Gasteiger partial charge < -0.3 is 36.8 Å². The second kappa shape index (κ2) is 18.4. The van der Waals surface area contributed by atoms with Crippen molar-refractivity contribution in [2.45, 2.75) is 62.7 Å². The number of rotatable bonds is 8. The van der Waals surface area contributed by atoms with Crippen LogP contribution in [0.4, 0.5) is 5.69 Å². The average Bonchev–Trinajstić information content (AvgIpc) is 3.67. The third-order valence-corrected chi connectivity index (χ3v) is 9.55. The molecule has 14 nitrogen and oxygen atoms in total. The molecule has 6 rings (SSSR count). The van der Waals surface area contributed by atoms with E-state index in [-0.39, 0.29) is 32.1 Å². The van der Waals surface area contributed by atoms with Crippen LogP contribution in [0.25, 0.3) is 11.1 Å². The van der Waals surface area contributed by atoms with E-state index in [2.05, 4.69) is 26.6 Å². The summed E-state index contributed by atoms with van der Waals surface area (Å²) in [5.41, 5.74) is 3.32. The number of anilines is 1. The van der Waals surface area contributed by atoms with Gasteiger partial charge in [0, 0.05) is 42.7 Å². The minimum atomic E-state index is -1.72. The van der Waals surface area contributed by atoms with E-state index < -0.39 is 72.1 Å². The van der Waals surface area contributed by atoms with Crippen molar-refractivity contribution in [3.63, 3.8) is 0 Å². The molecule has 7 N–H and O–H groups in total. The molecule has 2 aliphatic heterocycles. The zero-order chi connectivity index (χ0) is 38.6. The molecule has 0 saturated heterocycles. The highest BCUT2D eigenvalue weighted by molar-refractivity contribution is 7.09. The van der Waals surface area contributed by atoms with Crippen molar-refractivity contribution in [3.05, 3.63) is 112 Å². The Morgan fingerprint density at radius 3 is 1.87 bits per heavy atom. The molecule has 4 aromatic rings. The first-order valence-corrected chi connectivity index (χ1v) is 18.0. The Balaban J connectivity index is 1.47. The first-order valence-electron chi connectivity index (χ1n) is 17.1. The highest BCUT2D eigenvalue weighted by Crippen LogP contribution is 2.20. The van der Waals surface area contributed by atoms with Crippen LogP contribution in [0.2, 0.25) is 0 Å². The van der Waals surface area contributed by atoms with E-state index >= 15 is 0 Å². The van der Waals surface area contributed by atoms with E-state index in [0.717, 1.165) is 16.0 Å². The molecule has 2 aliphatic rings. The van der Waals surface area contributed by atoms with Gasteiger partial charge in [0.05, 0.1) is 6.42 Å². The lowest BCUT2D eigenvalue weighted by Crippen LogP contribution is -2.59. The molecule has 0 unspecified atom stereocenters. The van der Waals surface area contributed by atoms with Crippen molar-refractivity contribution in [2.24, 2.45) is 0 Å². The van der Waals surface area contributed by atoms with Gasteiger partial charge in [-0.15, -0.1) is 11.3 Å². The Bertz CT molecular complexity index is 1970. The molecule has 0 spiro atoms. The lowest BCUT2D eigenvalue weighted by Gasteiger charge is -2.26. The summed E-state index contributed by atoms with van der Waals surface area (Å²) in [7, 11) is 0. The second-order valence-corrected chi connectivity index (χ2v) is 13.8. The van der Waals surface area contributed by atoms with E-state index in [4.69, 9.17) is 0 Å². The van der Waals surface area contributed by atoms with Crippen molar-refractivity contribution >= 4 is 58.5 Å². The normalized spacial score (nSPS) is 20.3. The number of hydrogen-bond donors (Lipinski definition) is 7. The maximum Gasteiger partial charge on any atom is 0.326 e. The molecule has 0 fully saturated rings. The van der Waals surface area contributed by atoms with Crippen LogP contribution in [0.1, 0.15) is 35.3 Å². The van der Waals surface area contributed by atoms with E-state index in [1.807, 2.05) is 42.5 Å². The Morgan fingerprint density at radius 2 is 1.24 bits per heavy atom. The fourth-order valence-electron chi connectivity index (χ4n) is 5.83. The minimum Gasteiger partial charge on any atom is -0.481 e. The Morgan fingerprint density at radius 1 is 0.630 bits per heavy atom. The number of hydrogen-bond acceptors (Lipinski definition) is 8. The summed E-state index contributed by atoms with van der Waals surface area (Å²) in [5, 5.41) is 34.2. The number of benzene rings is 3. The van der Waals surface area contributed by atoms with Crippen LogP contribution in [-0.4, -0.2) is 75.9 Å². The highest BCUT2D eigenvalue weighted by Gasteiger charge is 2.33. The Kier molecular flexibility index (Phi) is 13.3. The summed E-state index contributed by atoms with van der Waals surface area (Å²) in [6.07, 6.45) is -1.58. The molecule has 15 heteroatoms. The van der Waals surface area contributed by atoms with Gasteiger partial charge in [0.2, 0.25) is 29.5 Å². The third kappa shape index (κ3) is 11.3. The predicted molar refractivity (Wildman–Crippen MR) is 199 cm³/mol. The fraction of sp³-hybridized carbons (Fsp3) is 0.256. The summed E-state index contributed by atoms with van der Waals surface area (Å²) in [6, 6.07) is 20.7. The van der Waals surface area contributed by atoms with Crippen LogP contribution in [0, 0.1) is 0 Å². The zero-order valence-electron chi connectivity index (χ0n) is 29.0. The Hall–Kier alpha value is -6.35. The quantitative estimate of drug-likeness (QED) is 0.131. The van der Waals surface area contributed by atoms with Crippen molar-refractivity contribution in [3.8, 4) is 11.1 Å². The van der Waals surface area contributed by atoms with Gasteiger partial charge in [0.25, 0.3) is 0 Å². The van der Waals surface area contributed by atoms with E-state index in [9.17, 15) is 43.8 Å². The zero-order valence-corrected chi connectivity index (χ0v) is 29.8. The molecule has 3 aromatic carbocycles. The van der Waals surface area contributed by atoms with Crippen molar-refractivity contribution in [2.75, 3.05) is 5.32 Å². The number of nitrogens with one attached hydrogen (secondary N) is 5. The largest absolute Gasteiger partial charge is 0.481 e. The molecule has 3 heterocycles. The maximum absolute atomic E-state index is 14.0. The van der Waals surface area contributed by atoms with Crippen LogP contribution in [0.3, 0.4) is 0 Å². The topological polar surface area (TPSA) is 220 Å².